The Morgan fingerprint density at radius 1 is 0.941 bits per heavy atom. The van der Waals surface area contributed by atoms with Gasteiger partial charge in [-0.1, -0.05) is 0 Å². The zero-order chi connectivity index (χ0) is 13.2. The van der Waals surface area contributed by atoms with Crippen molar-refractivity contribution >= 4 is 0 Å². The van der Waals surface area contributed by atoms with Crippen LogP contribution in [0.25, 0.3) is 0 Å². The van der Waals surface area contributed by atoms with Crippen LogP contribution in [-0.2, 0) is 0 Å². The minimum atomic E-state index is -2.20. The Balaban J connectivity index is 3.16. The molecule has 1 rings (SSSR count). The Labute approximate surface area is 94.4 Å². The van der Waals surface area contributed by atoms with E-state index in [0.717, 1.165) is 0 Å². The Morgan fingerprint density at radius 2 is 1.35 bits per heavy atom. The average Bonchev–Trinajstić information content (AvgIpc) is 2.30. The molecular weight excluding hydrogens is 245 g/mol. The Morgan fingerprint density at radius 3 is 1.76 bits per heavy atom. The van der Waals surface area contributed by atoms with Crippen LogP contribution in [0.2, 0.25) is 0 Å². The molecule has 0 radical (unpaired) electrons. The number of hydrogen-bond donors (Lipinski definition) is 1. The summed E-state index contributed by atoms with van der Waals surface area (Å²) in [6.45, 7) is 1.62. The first-order chi connectivity index (χ1) is 7.90. The molecule has 0 bridgehead atoms. The fourth-order valence-corrected chi connectivity index (χ4v) is 1.22. The van der Waals surface area contributed by atoms with Gasteiger partial charge in [0, 0.05) is 6.54 Å². The lowest BCUT2D eigenvalue weighted by atomic mass is 10.2. The van der Waals surface area contributed by atoms with Crippen LogP contribution in [0.5, 0.6) is 5.75 Å². The van der Waals surface area contributed by atoms with Crippen LogP contribution in [-0.4, -0.2) is 19.7 Å². The molecular formula is C10H10F5NO. The summed E-state index contributed by atoms with van der Waals surface area (Å²) in [7, 11) is 1.55. The van der Waals surface area contributed by atoms with E-state index in [1.807, 2.05) is 0 Å². The van der Waals surface area contributed by atoms with E-state index >= 15 is 0 Å². The van der Waals surface area contributed by atoms with Crippen LogP contribution in [0, 0.1) is 29.1 Å². The van der Waals surface area contributed by atoms with Gasteiger partial charge in [-0.15, -0.1) is 0 Å². The van der Waals surface area contributed by atoms with Gasteiger partial charge >= 0.3 is 0 Å². The molecule has 1 atom stereocenters. The molecule has 0 aliphatic rings. The molecule has 0 aliphatic heterocycles. The van der Waals surface area contributed by atoms with Gasteiger partial charge < -0.3 is 10.1 Å². The Hall–Kier alpha value is -1.37. The standard InChI is InChI=1S/C10H10F5NO/c1-4(3-16-2)17-10-8(14)6(12)5(11)7(13)9(10)15/h4,16H,3H2,1-2H3. The molecule has 17 heavy (non-hydrogen) atoms. The highest BCUT2D eigenvalue weighted by Crippen LogP contribution is 2.29. The maximum atomic E-state index is 13.1. The maximum absolute atomic E-state index is 13.1. The van der Waals surface area contributed by atoms with Crippen molar-refractivity contribution in [1.29, 1.82) is 0 Å². The normalized spacial score (nSPS) is 12.6. The molecule has 1 aromatic rings. The van der Waals surface area contributed by atoms with E-state index in [-0.39, 0.29) is 6.54 Å². The van der Waals surface area contributed by atoms with Gasteiger partial charge in [-0.3, -0.25) is 0 Å². The average molecular weight is 255 g/mol. The Bertz CT molecular complexity index is 395. The SMILES string of the molecule is CNCC(C)Oc1c(F)c(F)c(F)c(F)c1F. The largest absolute Gasteiger partial charge is 0.483 e. The fraction of sp³-hybridized carbons (Fsp3) is 0.400. The lowest BCUT2D eigenvalue weighted by Crippen LogP contribution is -2.27. The number of halogens is 5. The van der Waals surface area contributed by atoms with Crippen LogP contribution < -0.4 is 10.1 Å². The smallest absolute Gasteiger partial charge is 0.207 e. The summed E-state index contributed by atoms with van der Waals surface area (Å²) in [4.78, 5) is 0. The zero-order valence-electron chi connectivity index (χ0n) is 9.08. The Kier molecular flexibility index (Phi) is 4.28. The first kappa shape index (κ1) is 13.7. The van der Waals surface area contributed by atoms with E-state index in [2.05, 4.69) is 10.1 Å². The first-order valence-electron chi connectivity index (χ1n) is 4.72. The van der Waals surface area contributed by atoms with Gasteiger partial charge in [0.2, 0.25) is 29.1 Å². The molecule has 0 saturated heterocycles. The minimum Gasteiger partial charge on any atom is -0.483 e. The van der Waals surface area contributed by atoms with Gasteiger partial charge in [-0.25, -0.2) is 13.2 Å². The highest BCUT2D eigenvalue weighted by Gasteiger charge is 2.27. The molecule has 96 valence electrons. The van der Waals surface area contributed by atoms with Gasteiger partial charge in [-0.2, -0.15) is 8.78 Å². The molecule has 0 saturated carbocycles. The minimum absolute atomic E-state index is 0.194. The summed E-state index contributed by atoms with van der Waals surface area (Å²) in [5, 5.41) is 2.64. The van der Waals surface area contributed by atoms with Crippen molar-refractivity contribution in [3.63, 3.8) is 0 Å². The lowest BCUT2D eigenvalue weighted by molar-refractivity contribution is 0.191. The predicted octanol–water partition coefficient (Wildman–Crippen LogP) is 2.37. The second-order valence-corrected chi connectivity index (χ2v) is 3.39. The monoisotopic (exact) mass is 255 g/mol. The van der Waals surface area contributed by atoms with Gasteiger partial charge in [0.25, 0.3) is 0 Å². The lowest BCUT2D eigenvalue weighted by Gasteiger charge is -2.16. The molecule has 1 N–H and O–H groups in total. The second-order valence-electron chi connectivity index (χ2n) is 3.39. The van der Waals surface area contributed by atoms with E-state index in [4.69, 9.17) is 0 Å². The summed E-state index contributed by atoms with van der Waals surface area (Å²) in [5.41, 5.74) is 0. The van der Waals surface area contributed by atoms with Gasteiger partial charge in [-0.05, 0) is 14.0 Å². The molecule has 0 aliphatic carbocycles. The van der Waals surface area contributed by atoms with E-state index in [0.29, 0.717) is 0 Å². The van der Waals surface area contributed by atoms with Crippen molar-refractivity contribution in [1.82, 2.24) is 5.32 Å². The molecule has 2 nitrogen and oxygen atoms in total. The van der Waals surface area contributed by atoms with E-state index in [1.54, 1.807) is 7.05 Å². The van der Waals surface area contributed by atoms with E-state index < -0.39 is 40.9 Å². The van der Waals surface area contributed by atoms with Crippen molar-refractivity contribution in [3.05, 3.63) is 29.1 Å². The van der Waals surface area contributed by atoms with Crippen LogP contribution in [0.1, 0.15) is 6.92 Å². The maximum Gasteiger partial charge on any atom is 0.207 e. The third-order valence-electron chi connectivity index (χ3n) is 1.98. The van der Waals surface area contributed by atoms with E-state index in [1.165, 1.54) is 6.92 Å². The predicted molar refractivity (Wildman–Crippen MR) is 50.2 cm³/mol. The van der Waals surface area contributed by atoms with Crippen LogP contribution >= 0.6 is 0 Å². The third kappa shape index (κ3) is 2.66. The number of rotatable bonds is 4. The van der Waals surface area contributed by atoms with Crippen molar-refractivity contribution in [2.45, 2.75) is 13.0 Å². The molecule has 0 amide bonds. The quantitative estimate of drug-likeness (QED) is 0.506. The van der Waals surface area contributed by atoms with Crippen LogP contribution in [0.4, 0.5) is 22.0 Å². The van der Waals surface area contributed by atoms with Gasteiger partial charge in [0.05, 0.1) is 0 Å². The van der Waals surface area contributed by atoms with Crippen LogP contribution in [0.3, 0.4) is 0 Å². The third-order valence-corrected chi connectivity index (χ3v) is 1.98. The van der Waals surface area contributed by atoms with Gasteiger partial charge in [0.15, 0.2) is 5.75 Å². The van der Waals surface area contributed by atoms with Crippen molar-refractivity contribution in [3.8, 4) is 5.75 Å². The van der Waals surface area contributed by atoms with E-state index in [9.17, 15) is 22.0 Å². The van der Waals surface area contributed by atoms with Crippen molar-refractivity contribution in [2.75, 3.05) is 13.6 Å². The number of hydrogen-bond acceptors (Lipinski definition) is 2. The van der Waals surface area contributed by atoms with Gasteiger partial charge in [0.1, 0.15) is 6.10 Å². The molecule has 1 unspecified atom stereocenters. The second kappa shape index (κ2) is 5.31. The molecule has 0 aromatic heterocycles. The van der Waals surface area contributed by atoms with Crippen molar-refractivity contribution in [2.24, 2.45) is 0 Å². The molecule has 1 aromatic carbocycles. The molecule has 7 heteroatoms. The van der Waals surface area contributed by atoms with Crippen LogP contribution in [0.15, 0.2) is 0 Å². The zero-order valence-corrected chi connectivity index (χ0v) is 9.08. The molecule has 0 spiro atoms. The number of nitrogens with one attached hydrogen (secondary N) is 1. The molecule has 0 heterocycles. The topological polar surface area (TPSA) is 21.3 Å². The highest BCUT2D eigenvalue weighted by atomic mass is 19.2. The first-order valence-corrected chi connectivity index (χ1v) is 4.72. The number of benzene rings is 1. The molecule has 0 fully saturated rings. The van der Waals surface area contributed by atoms with Crippen molar-refractivity contribution < 1.29 is 26.7 Å². The number of ether oxygens (including phenoxy) is 1. The summed E-state index contributed by atoms with van der Waals surface area (Å²) >= 11 is 0. The number of likely N-dealkylation sites (N-methyl/N-ethyl adjacent to an activating group) is 1. The summed E-state index contributed by atoms with van der Waals surface area (Å²) in [6.07, 6.45) is -0.742. The summed E-state index contributed by atoms with van der Waals surface area (Å²) in [6, 6.07) is 0. The highest BCUT2D eigenvalue weighted by molar-refractivity contribution is 5.29. The summed E-state index contributed by atoms with van der Waals surface area (Å²) in [5.74, 6) is -11.4. The fourth-order valence-electron chi connectivity index (χ4n) is 1.22. The summed E-state index contributed by atoms with van der Waals surface area (Å²) < 4.78 is 69.2.